The fraction of sp³-hybridized carbons (Fsp3) is 0.240. The number of hydrogen-bond donors (Lipinski definition) is 1. The van der Waals surface area contributed by atoms with Crippen LogP contribution in [0.3, 0.4) is 0 Å². The number of aromatic nitrogens is 4. The normalized spacial score (nSPS) is 17.2. The number of carbonyl (C=O) groups excluding carboxylic acids is 2. The number of para-hydroxylation sites is 1. The standard InChI is InChI=1S/C25H18F5N5O4/c26-24(27)8-9-35(22(36)16-6-3-5-14(10-16)18-12-31-34-33-18)13-20(24)39-21-19(38-23(37)25(28,29)30)11-15-4-1-2-7-17(15)32-21/h1-7,10-12,20H,8-9,13H2,(H,31,33,34)/t20-/m0/s1. The van der Waals surface area contributed by atoms with E-state index in [0.717, 1.165) is 11.0 Å². The molecule has 9 nitrogen and oxygen atoms in total. The number of rotatable bonds is 5. The van der Waals surface area contributed by atoms with Crippen LogP contribution < -0.4 is 9.47 Å². The quantitative estimate of drug-likeness (QED) is 0.291. The second-order valence-corrected chi connectivity index (χ2v) is 8.68. The van der Waals surface area contributed by atoms with Gasteiger partial charge in [0.25, 0.3) is 17.7 Å². The maximum atomic E-state index is 14.9. The number of nitrogens with zero attached hydrogens (tertiary/aromatic N) is 4. The van der Waals surface area contributed by atoms with Crippen molar-refractivity contribution < 1.29 is 41.0 Å². The zero-order valence-corrected chi connectivity index (χ0v) is 19.8. The molecule has 1 aliphatic heterocycles. The first-order valence-electron chi connectivity index (χ1n) is 11.5. The lowest BCUT2D eigenvalue weighted by molar-refractivity contribution is -0.190. The van der Waals surface area contributed by atoms with E-state index >= 15 is 0 Å². The Morgan fingerprint density at radius 3 is 2.62 bits per heavy atom. The number of piperidine rings is 1. The molecule has 1 aliphatic rings. The molecule has 1 N–H and O–H groups in total. The summed E-state index contributed by atoms with van der Waals surface area (Å²) in [7, 11) is 0. The number of halogens is 5. The third kappa shape index (κ3) is 5.49. The van der Waals surface area contributed by atoms with Crippen molar-refractivity contribution in [3.05, 3.63) is 66.4 Å². The Bertz CT molecular complexity index is 1530. The summed E-state index contributed by atoms with van der Waals surface area (Å²) in [5.41, 5.74) is 1.44. The number of carbonyl (C=O) groups is 2. The molecule has 4 aromatic rings. The van der Waals surface area contributed by atoms with Crippen molar-refractivity contribution in [2.24, 2.45) is 0 Å². The highest BCUT2D eigenvalue weighted by Gasteiger charge is 2.48. The SMILES string of the molecule is O=C(c1cccc(-c2cn[nH]n2)c1)N1CCC(F)(F)[C@@H](Oc2nc3ccccc3cc2OC(=O)C(F)(F)F)C1. The number of fused-ring (bicyclic) bond motifs is 1. The minimum Gasteiger partial charge on any atom is -0.463 e. The molecule has 0 bridgehead atoms. The molecule has 39 heavy (non-hydrogen) atoms. The van der Waals surface area contributed by atoms with E-state index in [9.17, 15) is 31.5 Å². The average molecular weight is 547 g/mol. The van der Waals surface area contributed by atoms with E-state index < -0.39 is 54.7 Å². The lowest BCUT2D eigenvalue weighted by atomic mass is 10.0. The van der Waals surface area contributed by atoms with E-state index in [2.05, 4.69) is 25.1 Å². The Kier molecular flexibility index (Phi) is 6.62. The number of esters is 1. The Labute approximate surface area is 216 Å². The Morgan fingerprint density at radius 2 is 1.87 bits per heavy atom. The van der Waals surface area contributed by atoms with Crippen LogP contribution in [0.15, 0.2) is 60.8 Å². The van der Waals surface area contributed by atoms with E-state index in [4.69, 9.17) is 4.74 Å². The topological polar surface area (TPSA) is 110 Å². The summed E-state index contributed by atoms with van der Waals surface area (Å²) in [4.78, 5) is 29.9. The van der Waals surface area contributed by atoms with Gasteiger partial charge >= 0.3 is 12.1 Å². The smallest absolute Gasteiger partial charge is 0.463 e. The Morgan fingerprint density at radius 1 is 1.08 bits per heavy atom. The summed E-state index contributed by atoms with van der Waals surface area (Å²) < 4.78 is 78.3. The lowest BCUT2D eigenvalue weighted by Gasteiger charge is -2.38. The van der Waals surface area contributed by atoms with Gasteiger partial charge in [0.1, 0.15) is 5.69 Å². The van der Waals surface area contributed by atoms with Crippen molar-refractivity contribution in [1.82, 2.24) is 25.3 Å². The first kappa shape index (κ1) is 26.0. The van der Waals surface area contributed by atoms with Gasteiger partial charge in [-0.25, -0.2) is 18.6 Å². The molecule has 0 saturated carbocycles. The van der Waals surface area contributed by atoms with Gasteiger partial charge in [-0.1, -0.05) is 30.3 Å². The van der Waals surface area contributed by atoms with Crippen molar-refractivity contribution >= 4 is 22.8 Å². The number of likely N-dealkylation sites (tertiary alicyclic amines) is 1. The number of benzene rings is 2. The zero-order chi connectivity index (χ0) is 27.8. The van der Waals surface area contributed by atoms with Crippen molar-refractivity contribution in [3.8, 4) is 22.9 Å². The van der Waals surface area contributed by atoms with Gasteiger partial charge in [-0.3, -0.25) is 4.79 Å². The average Bonchev–Trinajstić information content (AvgIpc) is 3.44. The van der Waals surface area contributed by atoms with Crippen LogP contribution >= 0.6 is 0 Å². The molecule has 0 unspecified atom stereocenters. The molecule has 1 fully saturated rings. The van der Waals surface area contributed by atoms with Crippen LogP contribution in [-0.2, 0) is 4.79 Å². The summed E-state index contributed by atoms with van der Waals surface area (Å²) in [6.07, 6.45) is -6.67. The minimum absolute atomic E-state index is 0.197. The van der Waals surface area contributed by atoms with Gasteiger partial charge in [0.15, 0.2) is 11.9 Å². The summed E-state index contributed by atoms with van der Waals surface area (Å²) in [6, 6.07) is 13.5. The predicted octanol–water partition coefficient (Wildman–Crippen LogP) is 4.42. The van der Waals surface area contributed by atoms with Crippen LogP contribution in [0.2, 0.25) is 0 Å². The number of ether oxygens (including phenoxy) is 2. The second kappa shape index (κ2) is 9.93. The molecule has 1 saturated heterocycles. The van der Waals surface area contributed by atoms with Gasteiger partial charge in [-0.05, 0) is 24.3 Å². The molecule has 0 radical (unpaired) electrons. The number of nitrogens with one attached hydrogen (secondary N) is 1. The molecule has 2 aromatic heterocycles. The molecular weight excluding hydrogens is 529 g/mol. The van der Waals surface area contributed by atoms with Crippen LogP contribution in [-0.4, -0.2) is 68.5 Å². The van der Waals surface area contributed by atoms with Crippen LogP contribution in [0.4, 0.5) is 22.0 Å². The molecule has 14 heteroatoms. The molecule has 1 atom stereocenters. The summed E-state index contributed by atoms with van der Waals surface area (Å²) in [5.74, 6) is -8.13. The monoisotopic (exact) mass is 547 g/mol. The van der Waals surface area contributed by atoms with Crippen molar-refractivity contribution in [2.75, 3.05) is 13.1 Å². The molecule has 3 heterocycles. The lowest BCUT2D eigenvalue weighted by Crippen LogP contribution is -2.55. The molecule has 5 rings (SSSR count). The van der Waals surface area contributed by atoms with Crippen molar-refractivity contribution in [1.29, 1.82) is 0 Å². The third-order valence-corrected chi connectivity index (χ3v) is 6.02. The van der Waals surface area contributed by atoms with E-state index in [1.807, 2.05) is 0 Å². The van der Waals surface area contributed by atoms with Crippen LogP contribution in [0.5, 0.6) is 11.6 Å². The van der Waals surface area contributed by atoms with E-state index in [0.29, 0.717) is 11.3 Å². The Hall–Kier alpha value is -4.62. The third-order valence-electron chi connectivity index (χ3n) is 6.02. The van der Waals surface area contributed by atoms with Gasteiger partial charge in [0.05, 0.1) is 18.3 Å². The number of aromatic amines is 1. The molecule has 0 spiro atoms. The molecule has 0 aliphatic carbocycles. The van der Waals surface area contributed by atoms with Gasteiger partial charge in [-0.2, -0.15) is 28.6 Å². The van der Waals surface area contributed by atoms with E-state index in [1.54, 1.807) is 24.3 Å². The highest BCUT2D eigenvalue weighted by atomic mass is 19.4. The zero-order valence-electron chi connectivity index (χ0n) is 19.8. The highest BCUT2D eigenvalue weighted by Crippen LogP contribution is 2.37. The predicted molar refractivity (Wildman–Crippen MR) is 125 cm³/mol. The summed E-state index contributed by atoms with van der Waals surface area (Å²) in [5, 5.41) is 10.4. The van der Waals surface area contributed by atoms with Crippen molar-refractivity contribution in [3.63, 3.8) is 0 Å². The van der Waals surface area contributed by atoms with Crippen LogP contribution in [0.1, 0.15) is 16.8 Å². The summed E-state index contributed by atoms with van der Waals surface area (Å²) in [6.45, 7) is -0.915. The number of amides is 1. The Balaban J connectivity index is 1.42. The number of H-pyrrole nitrogens is 1. The molecule has 202 valence electrons. The second-order valence-electron chi connectivity index (χ2n) is 8.68. The molecule has 1 amide bonds. The highest BCUT2D eigenvalue weighted by molar-refractivity contribution is 5.95. The van der Waals surface area contributed by atoms with Crippen LogP contribution in [0, 0.1) is 0 Å². The van der Waals surface area contributed by atoms with E-state index in [1.165, 1.54) is 30.5 Å². The molecular formula is C25H18F5N5O4. The maximum absolute atomic E-state index is 14.9. The van der Waals surface area contributed by atoms with Crippen LogP contribution in [0.25, 0.3) is 22.2 Å². The van der Waals surface area contributed by atoms with Crippen molar-refractivity contribution in [2.45, 2.75) is 24.6 Å². The van der Waals surface area contributed by atoms with Gasteiger partial charge in [0.2, 0.25) is 0 Å². The number of alkyl halides is 5. The first-order valence-corrected chi connectivity index (χ1v) is 11.5. The van der Waals surface area contributed by atoms with Gasteiger partial charge < -0.3 is 14.4 Å². The fourth-order valence-electron chi connectivity index (χ4n) is 4.04. The first-order chi connectivity index (χ1) is 18.5. The fourth-order valence-corrected chi connectivity index (χ4v) is 4.04. The maximum Gasteiger partial charge on any atom is 0.491 e. The summed E-state index contributed by atoms with van der Waals surface area (Å²) >= 11 is 0. The van der Waals surface area contributed by atoms with Gasteiger partial charge in [-0.15, -0.1) is 0 Å². The number of hydrogen-bond acceptors (Lipinski definition) is 7. The minimum atomic E-state index is -5.35. The number of pyridine rings is 1. The molecule has 2 aromatic carbocycles. The largest absolute Gasteiger partial charge is 0.491 e. The van der Waals surface area contributed by atoms with Gasteiger partial charge in [0, 0.05) is 29.5 Å². The van der Waals surface area contributed by atoms with E-state index in [-0.39, 0.29) is 23.0 Å².